The van der Waals surface area contributed by atoms with Gasteiger partial charge in [-0.3, -0.25) is 0 Å². The molecule has 0 amide bonds. The Bertz CT molecular complexity index is 465. The average Bonchev–Trinajstić information content (AvgIpc) is 2.93. The summed E-state index contributed by atoms with van der Waals surface area (Å²) in [5.74, 6) is 0.930. The highest BCUT2D eigenvalue weighted by Gasteiger charge is 2.29. The SMILES string of the molecule is CN(CC1CC1)S(=O)(=O)c1ccc(CCl)s1. The summed E-state index contributed by atoms with van der Waals surface area (Å²) in [5.41, 5.74) is 0. The molecule has 6 heteroatoms. The van der Waals surface area contributed by atoms with Crippen LogP contribution in [0.15, 0.2) is 16.3 Å². The van der Waals surface area contributed by atoms with Crippen LogP contribution in [-0.2, 0) is 15.9 Å². The topological polar surface area (TPSA) is 37.4 Å². The minimum Gasteiger partial charge on any atom is -0.206 e. The number of hydrogen-bond acceptors (Lipinski definition) is 3. The molecule has 16 heavy (non-hydrogen) atoms. The Kier molecular flexibility index (Phi) is 3.59. The molecule has 0 atom stereocenters. The maximum Gasteiger partial charge on any atom is 0.252 e. The summed E-state index contributed by atoms with van der Waals surface area (Å²) >= 11 is 6.92. The van der Waals surface area contributed by atoms with Gasteiger partial charge in [0.1, 0.15) is 4.21 Å². The van der Waals surface area contributed by atoms with E-state index in [1.165, 1.54) is 15.6 Å². The van der Waals surface area contributed by atoms with Crippen molar-refractivity contribution in [3.8, 4) is 0 Å². The zero-order chi connectivity index (χ0) is 11.8. The predicted molar refractivity (Wildman–Crippen MR) is 66.4 cm³/mol. The standard InChI is InChI=1S/C10H14ClNO2S2/c1-12(7-8-2-3-8)16(13,14)10-5-4-9(6-11)15-10/h4-5,8H,2-3,6-7H2,1H3. The van der Waals surface area contributed by atoms with Crippen molar-refractivity contribution in [2.24, 2.45) is 5.92 Å². The molecule has 0 bridgehead atoms. The number of sulfonamides is 1. The van der Waals surface area contributed by atoms with E-state index >= 15 is 0 Å². The molecule has 0 N–H and O–H groups in total. The second kappa shape index (κ2) is 4.64. The van der Waals surface area contributed by atoms with Crippen LogP contribution >= 0.6 is 22.9 Å². The first-order valence-electron chi connectivity index (χ1n) is 5.15. The fourth-order valence-electron chi connectivity index (χ4n) is 1.48. The summed E-state index contributed by atoms with van der Waals surface area (Å²) in [5, 5.41) is 0. The highest BCUT2D eigenvalue weighted by Crippen LogP contribution is 2.32. The van der Waals surface area contributed by atoms with E-state index in [0.717, 1.165) is 17.7 Å². The van der Waals surface area contributed by atoms with Gasteiger partial charge in [-0.15, -0.1) is 22.9 Å². The maximum absolute atomic E-state index is 12.1. The van der Waals surface area contributed by atoms with Crippen LogP contribution in [-0.4, -0.2) is 26.3 Å². The van der Waals surface area contributed by atoms with Gasteiger partial charge in [0.25, 0.3) is 10.0 Å². The number of alkyl halides is 1. The lowest BCUT2D eigenvalue weighted by Crippen LogP contribution is -2.28. The highest BCUT2D eigenvalue weighted by atomic mass is 35.5. The van der Waals surface area contributed by atoms with Crippen molar-refractivity contribution in [1.29, 1.82) is 0 Å². The largest absolute Gasteiger partial charge is 0.252 e. The van der Waals surface area contributed by atoms with E-state index < -0.39 is 10.0 Å². The molecule has 0 saturated heterocycles. The van der Waals surface area contributed by atoms with E-state index in [-0.39, 0.29) is 0 Å². The van der Waals surface area contributed by atoms with Gasteiger partial charge in [0.2, 0.25) is 0 Å². The molecule has 90 valence electrons. The summed E-state index contributed by atoms with van der Waals surface area (Å²) in [7, 11) is -1.64. The van der Waals surface area contributed by atoms with Gasteiger partial charge < -0.3 is 0 Å². The summed E-state index contributed by atoms with van der Waals surface area (Å²) < 4.78 is 26.1. The van der Waals surface area contributed by atoms with Gasteiger partial charge in [-0.05, 0) is 30.9 Å². The van der Waals surface area contributed by atoms with E-state index in [1.807, 2.05) is 0 Å². The second-order valence-electron chi connectivity index (χ2n) is 4.08. The predicted octanol–water partition coefficient (Wildman–Crippen LogP) is 2.52. The van der Waals surface area contributed by atoms with Gasteiger partial charge in [-0.25, -0.2) is 8.42 Å². The summed E-state index contributed by atoms with van der Waals surface area (Å²) in [6.45, 7) is 0.635. The van der Waals surface area contributed by atoms with Gasteiger partial charge in [0, 0.05) is 18.5 Å². The number of rotatable bonds is 5. The van der Waals surface area contributed by atoms with Crippen LogP contribution in [0.3, 0.4) is 0 Å². The highest BCUT2D eigenvalue weighted by molar-refractivity contribution is 7.91. The Hall–Kier alpha value is -0.100. The first kappa shape index (κ1) is 12.4. The Labute approximate surface area is 105 Å². The maximum atomic E-state index is 12.1. The van der Waals surface area contributed by atoms with Crippen LogP contribution in [0.1, 0.15) is 17.7 Å². The van der Waals surface area contributed by atoms with E-state index in [1.54, 1.807) is 19.2 Å². The Morgan fingerprint density at radius 3 is 2.69 bits per heavy atom. The minimum absolute atomic E-state index is 0.368. The molecule has 0 spiro atoms. The first-order chi connectivity index (χ1) is 7.54. The third-order valence-corrected chi connectivity index (χ3v) is 6.47. The van der Waals surface area contributed by atoms with Crippen LogP contribution in [0.25, 0.3) is 0 Å². The molecule has 1 heterocycles. The van der Waals surface area contributed by atoms with E-state index in [9.17, 15) is 8.42 Å². The van der Waals surface area contributed by atoms with Crippen molar-refractivity contribution in [2.45, 2.75) is 22.9 Å². The fourth-order valence-corrected chi connectivity index (χ4v) is 4.40. The van der Waals surface area contributed by atoms with Crippen LogP contribution < -0.4 is 0 Å². The molecule has 0 aliphatic heterocycles. The van der Waals surface area contributed by atoms with Crippen molar-refractivity contribution in [3.63, 3.8) is 0 Å². The Morgan fingerprint density at radius 2 is 2.19 bits per heavy atom. The lowest BCUT2D eigenvalue weighted by molar-refractivity contribution is 0.454. The zero-order valence-corrected chi connectivity index (χ0v) is 11.4. The van der Waals surface area contributed by atoms with Gasteiger partial charge >= 0.3 is 0 Å². The molecule has 1 aliphatic carbocycles. The summed E-state index contributed by atoms with van der Waals surface area (Å²) in [4.78, 5) is 0.889. The van der Waals surface area contributed by atoms with Crippen LogP contribution in [0.2, 0.25) is 0 Å². The first-order valence-corrected chi connectivity index (χ1v) is 7.94. The molecule has 1 aromatic rings. The molecule has 0 unspecified atom stereocenters. The zero-order valence-electron chi connectivity index (χ0n) is 9.02. The van der Waals surface area contributed by atoms with E-state index in [2.05, 4.69) is 0 Å². The Balaban J connectivity index is 2.16. The van der Waals surface area contributed by atoms with Crippen molar-refractivity contribution in [1.82, 2.24) is 4.31 Å². The van der Waals surface area contributed by atoms with Crippen LogP contribution in [0, 0.1) is 5.92 Å². The second-order valence-corrected chi connectivity index (χ2v) is 7.79. The molecule has 1 saturated carbocycles. The van der Waals surface area contributed by atoms with Crippen molar-refractivity contribution in [3.05, 3.63) is 17.0 Å². The van der Waals surface area contributed by atoms with Gasteiger partial charge in [0.15, 0.2) is 0 Å². The van der Waals surface area contributed by atoms with Crippen molar-refractivity contribution >= 4 is 33.0 Å². The number of nitrogens with zero attached hydrogens (tertiary/aromatic N) is 1. The van der Waals surface area contributed by atoms with Crippen LogP contribution in [0.4, 0.5) is 0 Å². The third kappa shape index (κ3) is 2.59. The van der Waals surface area contributed by atoms with Gasteiger partial charge in [-0.1, -0.05) is 0 Å². The van der Waals surface area contributed by atoms with Gasteiger partial charge in [-0.2, -0.15) is 4.31 Å². The molecule has 1 aliphatic rings. The number of hydrogen-bond donors (Lipinski definition) is 0. The molecular weight excluding hydrogens is 266 g/mol. The summed E-state index contributed by atoms with van der Waals surface area (Å²) in [6, 6.07) is 3.41. The summed E-state index contributed by atoms with van der Waals surface area (Å²) in [6.07, 6.45) is 2.30. The molecule has 1 aromatic heterocycles. The normalized spacial score (nSPS) is 16.9. The monoisotopic (exact) mass is 279 g/mol. The van der Waals surface area contributed by atoms with E-state index in [0.29, 0.717) is 22.6 Å². The quantitative estimate of drug-likeness (QED) is 0.777. The van der Waals surface area contributed by atoms with Crippen LogP contribution in [0.5, 0.6) is 0 Å². The average molecular weight is 280 g/mol. The molecular formula is C10H14ClNO2S2. The molecule has 1 fully saturated rings. The fraction of sp³-hybridized carbons (Fsp3) is 0.600. The number of thiophene rings is 1. The minimum atomic E-state index is -3.29. The third-order valence-electron chi connectivity index (χ3n) is 2.65. The van der Waals surface area contributed by atoms with Crippen molar-refractivity contribution in [2.75, 3.05) is 13.6 Å². The van der Waals surface area contributed by atoms with E-state index in [4.69, 9.17) is 11.6 Å². The molecule has 0 radical (unpaired) electrons. The van der Waals surface area contributed by atoms with Crippen molar-refractivity contribution < 1.29 is 8.42 Å². The number of halogens is 1. The van der Waals surface area contributed by atoms with Gasteiger partial charge in [0.05, 0.1) is 5.88 Å². The smallest absolute Gasteiger partial charge is 0.206 e. The molecule has 0 aromatic carbocycles. The molecule has 2 rings (SSSR count). The molecule has 3 nitrogen and oxygen atoms in total. The Morgan fingerprint density at radius 1 is 1.50 bits per heavy atom. The lowest BCUT2D eigenvalue weighted by atomic mass is 10.4. The lowest BCUT2D eigenvalue weighted by Gasteiger charge is -2.15.